The van der Waals surface area contributed by atoms with Crippen LogP contribution in [0.2, 0.25) is 5.02 Å². The number of nitrogens with one attached hydrogen (secondary N) is 1. The number of rotatable bonds is 3. The largest absolute Gasteiger partial charge is 0.494 e. The van der Waals surface area contributed by atoms with Crippen LogP contribution in [0.15, 0.2) is 46.9 Å². The van der Waals surface area contributed by atoms with Crippen molar-refractivity contribution in [2.24, 2.45) is 0 Å². The molecule has 1 aromatic heterocycles. The Labute approximate surface area is 153 Å². The highest BCUT2D eigenvalue weighted by molar-refractivity contribution is 9.10. The topological polar surface area (TPSA) is 39.1 Å². The van der Waals surface area contributed by atoms with Gasteiger partial charge >= 0.3 is 0 Å². The maximum absolute atomic E-state index is 6.19. The van der Waals surface area contributed by atoms with Crippen LogP contribution in [-0.2, 0) is 6.42 Å². The van der Waals surface area contributed by atoms with Gasteiger partial charge in [0.1, 0.15) is 17.3 Å². The van der Waals surface area contributed by atoms with E-state index < -0.39 is 0 Å². The molecular weight excluding hydrogens is 390 g/mol. The molecule has 1 aliphatic heterocycles. The van der Waals surface area contributed by atoms with Crippen molar-refractivity contribution in [2.45, 2.75) is 6.42 Å². The molecule has 0 spiro atoms. The van der Waals surface area contributed by atoms with Gasteiger partial charge in [0.05, 0.1) is 12.8 Å². The second kappa shape index (κ2) is 6.15. The summed E-state index contributed by atoms with van der Waals surface area (Å²) >= 11 is 9.67. The zero-order chi connectivity index (χ0) is 16.7. The summed E-state index contributed by atoms with van der Waals surface area (Å²) < 4.78 is 8.44. The molecule has 0 aliphatic carbocycles. The lowest BCUT2D eigenvalue weighted by molar-refractivity contribution is 0.412. The van der Waals surface area contributed by atoms with Gasteiger partial charge < -0.3 is 10.1 Å². The molecule has 3 aromatic rings. The summed E-state index contributed by atoms with van der Waals surface area (Å²) in [6.07, 6.45) is 0.948. The first kappa shape index (κ1) is 15.5. The van der Waals surface area contributed by atoms with Crippen molar-refractivity contribution in [2.75, 3.05) is 19.0 Å². The van der Waals surface area contributed by atoms with Crippen molar-refractivity contribution in [1.29, 1.82) is 0 Å². The number of nitrogens with zero attached hydrogens (tertiary/aromatic N) is 2. The number of fused-ring (bicyclic) bond motifs is 1. The fraction of sp³-hybridized carbons (Fsp3) is 0.167. The van der Waals surface area contributed by atoms with Gasteiger partial charge in [-0.1, -0.05) is 39.7 Å². The molecule has 0 atom stereocenters. The molecule has 0 fully saturated rings. The van der Waals surface area contributed by atoms with E-state index in [4.69, 9.17) is 21.4 Å². The standard InChI is InChI=1S/C18H15BrClN3O/c1-24-16-7-6-13(20)10-15(16)23-18-14(8-9-21-18)17(22-23)11-2-4-12(19)5-3-11/h2-7,10,21H,8-9H2,1H3. The highest BCUT2D eigenvalue weighted by atomic mass is 79.9. The smallest absolute Gasteiger partial charge is 0.144 e. The van der Waals surface area contributed by atoms with Crippen LogP contribution in [0.25, 0.3) is 16.9 Å². The Kier molecular flexibility index (Phi) is 3.98. The van der Waals surface area contributed by atoms with Crippen LogP contribution in [-0.4, -0.2) is 23.4 Å². The Morgan fingerprint density at radius 2 is 2.00 bits per heavy atom. The first-order valence-electron chi connectivity index (χ1n) is 7.63. The molecule has 0 amide bonds. The highest BCUT2D eigenvalue weighted by Crippen LogP contribution is 2.37. The third-order valence-corrected chi connectivity index (χ3v) is 4.90. The van der Waals surface area contributed by atoms with Crippen LogP contribution in [0.3, 0.4) is 0 Å². The Hall–Kier alpha value is -1.98. The highest BCUT2D eigenvalue weighted by Gasteiger charge is 2.25. The maximum atomic E-state index is 6.19. The molecule has 1 N–H and O–H groups in total. The van der Waals surface area contributed by atoms with Gasteiger partial charge in [-0.05, 0) is 36.8 Å². The van der Waals surface area contributed by atoms with E-state index in [1.807, 2.05) is 35.0 Å². The van der Waals surface area contributed by atoms with Crippen LogP contribution in [0, 0.1) is 0 Å². The Balaban J connectivity index is 1.91. The Bertz CT molecular complexity index is 905. The van der Waals surface area contributed by atoms with Gasteiger partial charge in [0, 0.05) is 27.2 Å². The van der Waals surface area contributed by atoms with Crippen LogP contribution < -0.4 is 10.1 Å². The summed E-state index contributed by atoms with van der Waals surface area (Å²) in [6.45, 7) is 0.902. The van der Waals surface area contributed by atoms with Crippen LogP contribution in [0.5, 0.6) is 5.75 Å². The van der Waals surface area contributed by atoms with Crippen LogP contribution >= 0.6 is 27.5 Å². The van der Waals surface area contributed by atoms with Crippen molar-refractivity contribution in [3.05, 3.63) is 57.5 Å². The normalized spacial score (nSPS) is 12.8. The lowest BCUT2D eigenvalue weighted by Gasteiger charge is -2.11. The van der Waals surface area contributed by atoms with Gasteiger partial charge in [0.15, 0.2) is 0 Å². The maximum Gasteiger partial charge on any atom is 0.144 e. The molecule has 2 aromatic carbocycles. The molecule has 6 heteroatoms. The number of methoxy groups -OCH3 is 1. The first-order chi connectivity index (χ1) is 11.7. The monoisotopic (exact) mass is 403 g/mol. The molecule has 0 radical (unpaired) electrons. The lowest BCUT2D eigenvalue weighted by atomic mass is 10.1. The number of halogens is 2. The van der Waals surface area contributed by atoms with Crippen LogP contribution in [0.1, 0.15) is 5.56 Å². The van der Waals surface area contributed by atoms with Crippen molar-refractivity contribution >= 4 is 33.3 Å². The molecule has 1 aliphatic rings. The van der Waals surface area contributed by atoms with Crippen molar-refractivity contribution < 1.29 is 4.74 Å². The molecule has 0 saturated carbocycles. The van der Waals surface area contributed by atoms with Gasteiger partial charge in [-0.2, -0.15) is 5.10 Å². The first-order valence-corrected chi connectivity index (χ1v) is 8.80. The summed E-state index contributed by atoms with van der Waals surface area (Å²) in [5.41, 5.74) is 4.14. The third kappa shape index (κ3) is 2.58. The molecule has 0 bridgehead atoms. The quantitative estimate of drug-likeness (QED) is 0.672. The van der Waals surface area contributed by atoms with Gasteiger partial charge in [-0.15, -0.1) is 0 Å². The van der Waals surface area contributed by atoms with Gasteiger partial charge in [0.25, 0.3) is 0 Å². The number of benzene rings is 2. The Morgan fingerprint density at radius 1 is 1.21 bits per heavy atom. The summed E-state index contributed by atoms with van der Waals surface area (Å²) in [4.78, 5) is 0. The fourth-order valence-electron chi connectivity index (χ4n) is 3.02. The van der Waals surface area contributed by atoms with Gasteiger partial charge in [-0.25, -0.2) is 4.68 Å². The zero-order valence-corrected chi connectivity index (χ0v) is 15.4. The fourth-order valence-corrected chi connectivity index (χ4v) is 3.45. The van der Waals surface area contributed by atoms with E-state index in [9.17, 15) is 0 Å². The summed E-state index contributed by atoms with van der Waals surface area (Å²) in [6, 6.07) is 13.8. The molecule has 0 unspecified atom stereocenters. The molecular formula is C18H15BrClN3O. The minimum absolute atomic E-state index is 0.651. The number of hydrogen-bond donors (Lipinski definition) is 1. The number of anilines is 1. The summed E-state index contributed by atoms with van der Waals surface area (Å²) in [5, 5.41) is 8.94. The number of aromatic nitrogens is 2. The zero-order valence-electron chi connectivity index (χ0n) is 13.0. The van der Waals surface area contributed by atoms with Crippen molar-refractivity contribution in [3.63, 3.8) is 0 Å². The second-order valence-electron chi connectivity index (χ2n) is 5.59. The van der Waals surface area contributed by atoms with E-state index in [1.165, 1.54) is 5.56 Å². The van der Waals surface area contributed by atoms with E-state index in [1.54, 1.807) is 7.11 Å². The number of ether oxygens (including phenoxy) is 1. The summed E-state index contributed by atoms with van der Waals surface area (Å²) in [5.74, 6) is 1.74. The molecule has 122 valence electrons. The van der Waals surface area contributed by atoms with E-state index in [2.05, 4.69) is 33.4 Å². The van der Waals surface area contributed by atoms with Gasteiger partial charge in [0.2, 0.25) is 0 Å². The molecule has 0 saturated heterocycles. The lowest BCUT2D eigenvalue weighted by Crippen LogP contribution is -2.05. The minimum Gasteiger partial charge on any atom is -0.494 e. The predicted octanol–water partition coefficient (Wildman–Crippen LogP) is 4.93. The van der Waals surface area contributed by atoms with Gasteiger partial charge in [-0.3, -0.25) is 0 Å². The molecule has 2 heterocycles. The number of hydrogen-bond acceptors (Lipinski definition) is 3. The average Bonchev–Trinajstić information content (AvgIpc) is 3.18. The van der Waals surface area contributed by atoms with Crippen molar-refractivity contribution in [1.82, 2.24) is 9.78 Å². The molecule has 4 rings (SSSR count). The average molecular weight is 405 g/mol. The van der Waals surface area contributed by atoms with E-state index in [0.29, 0.717) is 5.02 Å². The third-order valence-electron chi connectivity index (χ3n) is 4.14. The second-order valence-corrected chi connectivity index (χ2v) is 6.94. The van der Waals surface area contributed by atoms with E-state index in [0.717, 1.165) is 46.0 Å². The van der Waals surface area contributed by atoms with Crippen LogP contribution in [0.4, 0.5) is 5.82 Å². The summed E-state index contributed by atoms with van der Waals surface area (Å²) in [7, 11) is 1.65. The molecule has 4 nitrogen and oxygen atoms in total. The SMILES string of the molecule is COc1ccc(Cl)cc1-n1nc(-c2ccc(Br)cc2)c2c1NCC2. The van der Waals surface area contributed by atoms with E-state index in [-0.39, 0.29) is 0 Å². The van der Waals surface area contributed by atoms with Crippen molar-refractivity contribution in [3.8, 4) is 22.7 Å². The predicted molar refractivity (Wildman–Crippen MR) is 100 cm³/mol. The minimum atomic E-state index is 0.651. The Morgan fingerprint density at radius 3 is 2.75 bits per heavy atom. The van der Waals surface area contributed by atoms with E-state index >= 15 is 0 Å². The molecule has 24 heavy (non-hydrogen) atoms.